The molecule has 0 unspecified atom stereocenters. The van der Waals surface area contributed by atoms with E-state index >= 15 is 0 Å². The lowest BCUT2D eigenvalue weighted by Gasteiger charge is -2.53. The van der Waals surface area contributed by atoms with Gasteiger partial charge in [-0.3, -0.25) is 0 Å². The second-order valence-electron chi connectivity index (χ2n) is 6.90. The van der Waals surface area contributed by atoms with Crippen molar-refractivity contribution in [1.82, 2.24) is 0 Å². The van der Waals surface area contributed by atoms with Crippen molar-refractivity contribution in [3.63, 3.8) is 0 Å². The zero-order valence-corrected chi connectivity index (χ0v) is 11.8. The van der Waals surface area contributed by atoms with Crippen LogP contribution in [0.15, 0.2) is 12.2 Å². The smallest absolute Gasteiger partial charge is 0.0722 e. The quantitative estimate of drug-likeness (QED) is 0.559. The van der Waals surface area contributed by atoms with Crippen molar-refractivity contribution < 1.29 is 5.32 Å². The van der Waals surface area contributed by atoms with Gasteiger partial charge in [-0.2, -0.15) is 7.05 Å². The Labute approximate surface area is 107 Å². The molecule has 0 spiro atoms. The van der Waals surface area contributed by atoms with E-state index in [1.807, 2.05) is 0 Å². The third-order valence-electron chi connectivity index (χ3n) is 5.49. The first-order valence-electron chi connectivity index (χ1n) is 7.30. The highest BCUT2D eigenvalue weighted by molar-refractivity contribution is 5.15. The van der Waals surface area contributed by atoms with E-state index in [9.17, 15) is 0 Å². The lowest BCUT2D eigenvalue weighted by atomic mass is 9.53. The predicted octanol–water partition coefficient (Wildman–Crippen LogP) is 3.14. The largest absolute Gasteiger partial charge is 0.476 e. The van der Waals surface area contributed by atoms with E-state index in [0.717, 1.165) is 11.8 Å². The minimum Gasteiger partial charge on any atom is -0.476 e. The van der Waals surface area contributed by atoms with Crippen LogP contribution in [0.25, 0.3) is 0 Å². The van der Waals surface area contributed by atoms with Crippen LogP contribution < -0.4 is 5.32 Å². The van der Waals surface area contributed by atoms with E-state index < -0.39 is 0 Å². The molecule has 2 aliphatic carbocycles. The summed E-state index contributed by atoms with van der Waals surface area (Å²) >= 11 is 0. The molecule has 98 valence electrons. The van der Waals surface area contributed by atoms with E-state index in [-0.39, 0.29) is 0 Å². The summed E-state index contributed by atoms with van der Waals surface area (Å²) in [4.78, 5) is 0. The molecule has 1 nitrogen and oxygen atoms in total. The number of rotatable bonds is 2. The Hall–Kier alpha value is -0.300. The fourth-order valence-electron chi connectivity index (χ4n) is 4.57. The van der Waals surface area contributed by atoms with Crippen LogP contribution in [-0.2, 0) is 0 Å². The average molecular weight is 235 g/mol. The van der Waals surface area contributed by atoms with Crippen molar-refractivity contribution in [1.29, 1.82) is 0 Å². The van der Waals surface area contributed by atoms with Crippen molar-refractivity contribution in [3.05, 3.63) is 19.2 Å². The fourth-order valence-corrected chi connectivity index (χ4v) is 4.57. The van der Waals surface area contributed by atoms with Crippen LogP contribution in [0, 0.1) is 30.2 Å². The molecule has 0 aliphatic heterocycles. The Kier molecular flexibility index (Phi) is 3.68. The number of hydrogen-bond donors (Lipinski definition) is 1. The molecule has 0 amide bonds. The molecule has 0 bridgehead atoms. The molecule has 2 aliphatic rings. The summed E-state index contributed by atoms with van der Waals surface area (Å²) in [5.74, 6) is 2.30. The molecule has 4 atom stereocenters. The van der Waals surface area contributed by atoms with Crippen molar-refractivity contribution in [3.8, 4) is 0 Å². The molecule has 0 aromatic rings. The summed E-state index contributed by atoms with van der Waals surface area (Å²) in [5, 5.41) is 2.24. The maximum atomic E-state index is 4.39. The molecule has 0 aromatic heterocycles. The third kappa shape index (κ3) is 2.19. The molecule has 0 heterocycles. The molecule has 2 rings (SSSR count). The Balaban J connectivity index is 2.28. The van der Waals surface area contributed by atoms with Gasteiger partial charge in [0.25, 0.3) is 0 Å². The monoisotopic (exact) mass is 235 g/mol. The molecule has 17 heavy (non-hydrogen) atoms. The van der Waals surface area contributed by atoms with Gasteiger partial charge in [-0.05, 0) is 43.4 Å². The van der Waals surface area contributed by atoms with E-state index in [0.29, 0.717) is 17.4 Å². The number of hydrogen-bond acceptors (Lipinski definition) is 0. The lowest BCUT2D eigenvalue weighted by molar-refractivity contribution is -0.655. The average Bonchev–Trinajstić information content (AvgIpc) is 2.26. The second kappa shape index (κ2) is 4.76. The van der Waals surface area contributed by atoms with Gasteiger partial charge in [0.1, 0.15) is 0 Å². The van der Waals surface area contributed by atoms with Crippen LogP contribution in [0.3, 0.4) is 0 Å². The molecule has 2 N–H and O–H groups in total. The minimum absolute atomic E-state index is 0.513. The topological polar surface area (TPSA) is 16.6 Å². The summed E-state index contributed by atoms with van der Waals surface area (Å²) in [6.07, 6.45) is 6.77. The van der Waals surface area contributed by atoms with Gasteiger partial charge < -0.3 is 5.32 Å². The Morgan fingerprint density at radius 2 is 2.12 bits per heavy atom. The zero-order valence-electron chi connectivity index (χ0n) is 11.8. The molecule has 0 aromatic carbocycles. The van der Waals surface area contributed by atoms with Gasteiger partial charge in [0.2, 0.25) is 0 Å². The maximum Gasteiger partial charge on any atom is 0.0722 e. The Morgan fingerprint density at radius 3 is 2.71 bits per heavy atom. The normalized spacial score (nSPS) is 42.6. The van der Waals surface area contributed by atoms with Crippen molar-refractivity contribution >= 4 is 0 Å². The predicted molar refractivity (Wildman–Crippen MR) is 73.2 cm³/mol. The molecule has 2 saturated carbocycles. The summed E-state index contributed by atoms with van der Waals surface area (Å²) < 4.78 is 0. The van der Waals surface area contributed by atoms with Crippen LogP contribution in [-0.4, -0.2) is 6.04 Å². The van der Waals surface area contributed by atoms with Crippen LogP contribution in [0.5, 0.6) is 0 Å². The van der Waals surface area contributed by atoms with Crippen LogP contribution in [0.2, 0.25) is 0 Å². The third-order valence-corrected chi connectivity index (χ3v) is 5.49. The molecule has 0 radical (unpaired) electrons. The molecule has 1 heteroatoms. The lowest BCUT2D eigenvalue weighted by Crippen LogP contribution is -2.89. The highest BCUT2D eigenvalue weighted by atomic mass is 14.9. The molecular weight excluding hydrogens is 206 g/mol. The first-order valence-corrected chi connectivity index (χ1v) is 7.30. The fraction of sp³-hybridized carbons (Fsp3) is 0.812. The minimum atomic E-state index is 0.513. The molecular formula is C16H29N. The van der Waals surface area contributed by atoms with E-state index in [1.54, 1.807) is 0 Å². The summed E-state index contributed by atoms with van der Waals surface area (Å²) in [7, 11) is 4.13. The molecule has 0 saturated heterocycles. The van der Waals surface area contributed by atoms with Crippen molar-refractivity contribution in [2.75, 3.05) is 0 Å². The first-order chi connectivity index (χ1) is 7.99. The first kappa shape index (κ1) is 13.1. The number of nitrogens with two attached hydrogens (primary N) is 1. The SMILES string of the molecule is C=C1CCC[C@]2(C)CC[C@@H](C(C)C)[C@H]([NH2+][CH2-])[C@@H]12. The van der Waals surface area contributed by atoms with Gasteiger partial charge in [0, 0.05) is 11.8 Å². The number of fused-ring (bicyclic) bond motifs is 1. The van der Waals surface area contributed by atoms with Crippen LogP contribution in [0.1, 0.15) is 52.9 Å². The highest BCUT2D eigenvalue weighted by Gasteiger charge is 2.50. The van der Waals surface area contributed by atoms with Crippen LogP contribution >= 0.6 is 0 Å². The highest BCUT2D eigenvalue weighted by Crippen LogP contribution is 2.53. The Morgan fingerprint density at radius 1 is 1.41 bits per heavy atom. The summed E-state index contributed by atoms with van der Waals surface area (Å²) in [5.41, 5.74) is 2.02. The number of quaternary nitrogens is 1. The van der Waals surface area contributed by atoms with Gasteiger partial charge in [-0.15, -0.1) is 0 Å². The molecule has 2 fully saturated rings. The van der Waals surface area contributed by atoms with Crippen molar-refractivity contribution in [2.24, 2.45) is 23.2 Å². The van der Waals surface area contributed by atoms with Crippen LogP contribution in [0.4, 0.5) is 0 Å². The Bertz CT molecular complexity index is 294. The van der Waals surface area contributed by atoms with Gasteiger partial charge in [0.05, 0.1) is 6.04 Å². The van der Waals surface area contributed by atoms with E-state index in [2.05, 4.69) is 39.7 Å². The maximum absolute atomic E-state index is 4.39. The summed E-state index contributed by atoms with van der Waals surface area (Å²) in [6.45, 7) is 11.6. The van der Waals surface area contributed by atoms with Gasteiger partial charge >= 0.3 is 0 Å². The van der Waals surface area contributed by atoms with Gasteiger partial charge in [0.15, 0.2) is 0 Å². The standard InChI is InChI=1S/C16H29N/c1-11(2)13-8-10-16(4)9-6-7-12(3)14(16)15(13)17-5/h11,13-15H,3,5-10,17H2,1-2,4H3/t13-,14+,15-,16+/m0/s1. The van der Waals surface area contributed by atoms with E-state index in [4.69, 9.17) is 0 Å². The second-order valence-corrected chi connectivity index (χ2v) is 6.90. The zero-order chi connectivity index (χ0) is 12.6. The van der Waals surface area contributed by atoms with Gasteiger partial charge in [-0.1, -0.05) is 32.9 Å². The van der Waals surface area contributed by atoms with Crippen molar-refractivity contribution in [2.45, 2.75) is 58.9 Å². The van der Waals surface area contributed by atoms with Gasteiger partial charge in [-0.25, -0.2) is 0 Å². The summed E-state index contributed by atoms with van der Waals surface area (Å²) in [6, 6.07) is 0.668. The van der Waals surface area contributed by atoms with E-state index in [1.165, 1.54) is 37.7 Å².